The first-order valence-corrected chi connectivity index (χ1v) is 7.52. The molecular formula is C17H15ClN4O. The predicted octanol–water partition coefficient (Wildman–Crippen LogP) is 2.94. The van der Waals surface area contributed by atoms with E-state index in [9.17, 15) is 4.79 Å². The predicted molar refractivity (Wildman–Crippen MR) is 89.1 cm³/mol. The van der Waals surface area contributed by atoms with Gasteiger partial charge in [0.15, 0.2) is 0 Å². The summed E-state index contributed by atoms with van der Waals surface area (Å²) < 4.78 is 1.97. The summed E-state index contributed by atoms with van der Waals surface area (Å²) in [4.78, 5) is 19.8. The van der Waals surface area contributed by atoms with Gasteiger partial charge in [-0.1, -0.05) is 29.8 Å². The number of halogens is 1. The Labute approximate surface area is 138 Å². The van der Waals surface area contributed by atoms with Gasteiger partial charge in [-0.15, -0.1) is 0 Å². The molecule has 1 amide bonds. The lowest BCUT2D eigenvalue weighted by molar-refractivity contribution is 0.1000. The highest BCUT2D eigenvalue weighted by atomic mass is 35.5. The maximum Gasteiger partial charge on any atom is 0.248 e. The Hall–Kier alpha value is -2.66. The molecule has 0 aliphatic heterocycles. The van der Waals surface area contributed by atoms with Crippen LogP contribution in [0.25, 0.3) is 11.4 Å². The van der Waals surface area contributed by atoms with Gasteiger partial charge in [-0.3, -0.25) is 9.78 Å². The van der Waals surface area contributed by atoms with Crippen LogP contribution in [-0.2, 0) is 13.0 Å². The molecule has 0 atom stereocenters. The Kier molecular flexibility index (Phi) is 4.39. The Morgan fingerprint density at radius 1 is 1.17 bits per heavy atom. The summed E-state index contributed by atoms with van der Waals surface area (Å²) in [6, 6.07) is 11.0. The average molecular weight is 327 g/mol. The summed E-state index contributed by atoms with van der Waals surface area (Å²) in [5.41, 5.74) is 8.12. The van der Waals surface area contributed by atoms with Gasteiger partial charge in [-0.2, -0.15) is 0 Å². The van der Waals surface area contributed by atoms with Crippen LogP contribution in [0.15, 0.2) is 55.1 Å². The Morgan fingerprint density at radius 2 is 2.00 bits per heavy atom. The highest BCUT2D eigenvalue weighted by Crippen LogP contribution is 2.18. The third kappa shape index (κ3) is 3.57. The molecule has 23 heavy (non-hydrogen) atoms. The van der Waals surface area contributed by atoms with Gasteiger partial charge in [0.2, 0.25) is 5.91 Å². The van der Waals surface area contributed by atoms with Crippen LogP contribution < -0.4 is 5.73 Å². The molecule has 0 unspecified atom stereocenters. The number of rotatable bonds is 5. The van der Waals surface area contributed by atoms with E-state index in [1.165, 1.54) is 0 Å². The first-order valence-electron chi connectivity index (χ1n) is 7.15. The van der Waals surface area contributed by atoms with Gasteiger partial charge >= 0.3 is 0 Å². The monoisotopic (exact) mass is 326 g/mol. The van der Waals surface area contributed by atoms with Crippen molar-refractivity contribution in [3.05, 3.63) is 71.3 Å². The quantitative estimate of drug-likeness (QED) is 0.783. The third-order valence-electron chi connectivity index (χ3n) is 3.54. The van der Waals surface area contributed by atoms with Crippen LogP contribution in [0.1, 0.15) is 15.9 Å². The van der Waals surface area contributed by atoms with Crippen molar-refractivity contribution < 1.29 is 4.79 Å². The smallest absolute Gasteiger partial charge is 0.248 e. The number of amides is 1. The number of aryl methyl sites for hydroxylation is 2. The summed E-state index contributed by atoms with van der Waals surface area (Å²) >= 11 is 6.16. The molecule has 0 fully saturated rings. The molecule has 6 heteroatoms. The molecule has 0 saturated carbocycles. The molecule has 0 radical (unpaired) electrons. The number of primary amides is 1. The van der Waals surface area contributed by atoms with Crippen molar-refractivity contribution in [2.45, 2.75) is 13.0 Å². The number of carbonyl (C=O) groups excluding carboxylic acids is 1. The number of hydrogen-bond acceptors (Lipinski definition) is 3. The molecule has 3 rings (SSSR count). The molecule has 2 N–H and O–H groups in total. The van der Waals surface area contributed by atoms with Crippen molar-refractivity contribution in [3.63, 3.8) is 0 Å². The molecule has 0 aliphatic carbocycles. The van der Waals surface area contributed by atoms with E-state index >= 15 is 0 Å². The number of benzene rings is 1. The van der Waals surface area contributed by atoms with Gasteiger partial charge in [0.05, 0.1) is 12.0 Å². The fourth-order valence-corrected chi connectivity index (χ4v) is 2.52. The number of imidazole rings is 1. The van der Waals surface area contributed by atoms with Crippen molar-refractivity contribution in [2.75, 3.05) is 0 Å². The zero-order valence-corrected chi connectivity index (χ0v) is 13.1. The minimum Gasteiger partial charge on any atom is -0.366 e. The summed E-state index contributed by atoms with van der Waals surface area (Å²) in [6.07, 6.45) is 6.00. The Balaban J connectivity index is 1.74. The molecule has 3 aromatic rings. The maximum atomic E-state index is 11.2. The molecule has 0 spiro atoms. The first-order chi connectivity index (χ1) is 11.1. The second-order valence-electron chi connectivity index (χ2n) is 5.13. The normalized spacial score (nSPS) is 10.7. The molecule has 2 aromatic heterocycles. The second kappa shape index (κ2) is 6.62. The van der Waals surface area contributed by atoms with E-state index in [-0.39, 0.29) is 0 Å². The molecule has 2 heterocycles. The number of carbonyl (C=O) groups is 1. The van der Waals surface area contributed by atoms with E-state index in [1.54, 1.807) is 24.7 Å². The topological polar surface area (TPSA) is 73.8 Å². The van der Waals surface area contributed by atoms with Crippen molar-refractivity contribution >= 4 is 17.5 Å². The molecule has 5 nitrogen and oxygen atoms in total. The average Bonchev–Trinajstić information content (AvgIpc) is 3.03. The molecular weight excluding hydrogens is 312 g/mol. The summed E-state index contributed by atoms with van der Waals surface area (Å²) in [5, 5.41) is 0.767. The second-order valence-corrected chi connectivity index (χ2v) is 5.54. The van der Waals surface area contributed by atoms with Crippen LogP contribution in [0.3, 0.4) is 0 Å². The largest absolute Gasteiger partial charge is 0.366 e. The third-order valence-corrected chi connectivity index (χ3v) is 3.91. The van der Waals surface area contributed by atoms with Gasteiger partial charge < -0.3 is 10.3 Å². The van der Waals surface area contributed by atoms with Crippen LogP contribution in [-0.4, -0.2) is 20.4 Å². The van der Waals surface area contributed by atoms with E-state index in [4.69, 9.17) is 17.3 Å². The number of aromatic nitrogens is 3. The number of pyridine rings is 1. The fourth-order valence-electron chi connectivity index (χ4n) is 2.29. The van der Waals surface area contributed by atoms with Gasteiger partial charge in [-0.05, 0) is 30.2 Å². The van der Waals surface area contributed by atoms with Gasteiger partial charge in [0, 0.05) is 29.5 Å². The summed E-state index contributed by atoms with van der Waals surface area (Å²) in [5.74, 6) is -0.480. The van der Waals surface area contributed by atoms with E-state index in [0.29, 0.717) is 17.0 Å². The van der Waals surface area contributed by atoms with Crippen LogP contribution in [0.5, 0.6) is 0 Å². The number of hydrogen-bond donors (Lipinski definition) is 1. The minimum atomic E-state index is -0.480. The molecule has 0 saturated heterocycles. The summed E-state index contributed by atoms with van der Waals surface area (Å²) in [7, 11) is 0. The molecule has 0 aliphatic rings. The van der Waals surface area contributed by atoms with Gasteiger partial charge in [0.1, 0.15) is 5.69 Å². The van der Waals surface area contributed by atoms with E-state index in [0.717, 1.165) is 23.6 Å². The molecule has 0 bridgehead atoms. The Morgan fingerprint density at radius 3 is 2.78 bits per heavy atom. The molecule has 1 aromatic carbocycles. The van der Waals surface area contributed by atoms with E-state index in [1.807, 2.05) is 35.0 Å². The van der Waals surface area contributed by atoms with Crippen LogP contribution in [0, 0.1) is 0 Å². The number of nitrogens with two attached hydrogens (primary N) is 1. The van der Waals surface area contributed by atoms with Crippen molar-refractivity contribution in [1.82, 2.24) is 14.5 Å². The van der Waals surface area contributed by atoms with E-state index in [2.05, 4.69) is 9.97 Å². The highest BCUT2D eigenvalue weighted by Gasteiger charge is 2.08. The number of nitrogens with zero attached hydrogens (tertiary/aromatic N) is 3. The van der Waals surface area contributed by atoms with E-state index < -0.39 is 5.91 Å². The Bertz CT molecular complexity index is 844. The van der Waals surface area contributed by atoms with Gasteiger partial charge in [0.25, 0.3) is 0 Å². The van der Waals surface area contributed by atoms with Crippen LogP contribution in [0.2, 0.25) is 5.02 Å². The maximum absolute atomic E-state index is 11.2. The SMILES string of the molecule is NC(=O)c1ccnc(-c2cn(CCc3ccccc3Cl)cn2)c1. The zero-order valence-electron chi connectivity index (χ0n) is 12.3. The lowest BCUT2D eigenvalue weighted by Gasteiger charge is -2.04. The van der Waals surface area contributed by atoms with Crippen LogP contribution in [0.4, 0.5) is 0 Å². The fraction of sp³-hybridized carbons (Fsp3) is 0.118. The van der Waals surface area contributed by atoms with Gasteiger partial charge in [-0.25, -0.2) is 4.98 Å². The summed E-state index contributed by atoms with van der Waals surface area (Å²) in [6.45, 7) is 0.756. The van der Waals surface area contributed by atoms with Crippen molar-refractivity contribution in [3.8, 4) is 11.4 Å². The standard InChI is InChI=1S/C17H15ClN4O/c18-14-4-2-1-3-12(14)6-8-22-10-16(21-11-22)15-9-13(17(19)23)5-7-20-15/h1-5,7,9-11H,6,8H2,(H2,19,23). The minimum absolute atomic E-state index is 0.417. The lowest BCUT2D eigenvalue weighted by atomic mass is 10.1. The van der Waals surface area contributed by atoms with Crippen molar-refractivity contribution in [2.24, 2.45) is 5.73 Å². The van der Waals surface area contributed by atoms with Crippen molar-refractivity contribution in [1.29, 1.82) is 0 Å². The zero-order chi connectivity index (χ0) is 16.2. The first kappa shape index (κ1) is 15.2. The van der Waals surface area contributed by atoms with Crippen LogP contribution >= 0.6 is 11.6 Å². The lowest BCUT2D eigenvalue weighted by Crippen LogP contribution is -2.11. The molecule has 116 valence electrons. The highest BCUT2D eigenvalue weighted by molar-refractivity contribution is 6.31.